The van der Waals surface area contributed by atoms with E-state index >= 15 is 0 Å². The summed E-state index contributed by atoms with van der Waals surface area (Å²) >= 11 is 0. The third-order valence-electron chi connectivity index (χ3n) is 5.88. The summed E-state index contributed by atoms with van der Waals surface area (Å²) in [5, 5.41) is 4.07. The standard InChI is InChI=1S/C18H26N2O5/c1-5-6-7-23-17-13-15(25-19-17)14(20(2)3)11-8-10-9-12(22-4)18(11,24-10)16(13)21/h10-12,14H,5-9H2,1-4H3/t10-,11+,12?,14+,18+/m1/s1. The molecule has 2 fully saturated rings. The van der Waals surface area contributed by atoms with Crippen LogP contribution >= 0.6 is 0 Å². The Kier molecular flexibility index (Phi) is 4.13. The van der Waals surface area contributed by atoms with E-state index in [9.17, 15) is 4.79 Å². The fourth-order valence-corrected chi connectivity index (χ4v) is 4.83. The Labute approximate surface area is 147 Å². The number of methoxy groups -OCH3 is 1. The minimum absolute atomic E-state index is 0.00245. The summed E-state index contributed by atoms with van der Waals surface area (Å²) in [5.74, 6) is 0.804. The van der Waals surface area contributed by atoms with Crippen LogP contribution in [0.1, 0.15) is 54.8 Å². The number of rotatable bonds is 6. The molecule has 1 aliphatic carbocycles. The smallest absolute Gasteiger partial charge is 0.265 e. The molecule has 0 radical (unpaired) electrons. The highest BCUT2D eigenvalue weighted by atomic mass is 16.6. The van der Waals surface area contributed by atoms with Gasteiger partial charge in [0.25, 0.3) is 5.88 Å². The Morgan fingerprint density at radius 1 is 1.36 bits per heavy atom. The maximum atomic E-state index is 13.5. The molecule has 7 nitrogen and oxygen atoms in total. The zero-order chi connectivity index (χ0) is 17.8. The van der Waals surface area contributed by atoms with Gasteiger partial charge in [0.2, 0.25) is 5.78 Å². The first kappa shape index (κ1) is 17.0. The molecule has 1 aromatic heterocycles. The zero-order valence-electron chi connectivity index (χ0n) is 15.3. The Morgan fingerprint density at radius 2 is 2.16 bits per heavy atom. The fourth-order valence-electron chi connectivity index (χ4n) is 4.83. The number of carbonyl (C=O) groups is 1. The molecule has 2 aliphatic heterocycles. The van der Waals surface area contributed by atoms with Crippen molar-refractivity contribution in [3.8, 4) is 5.88 Å². The van der Waals surface area contributed by atoms with Crippen LogP contribution in [0.15, 0.2) is 4.52 Å². The number of Topliss-reactive ketones (excluding diaryl/α,β-unsaturated/α-hetero) is 1. The molecule has 1 aromatic rings. The molecule has 3 heterocycles. The van der Waals surface area contributed by atoms with Gasteiger partial charge in [0, 0.05) is 19.4 Å². The Balaban J connectivity index is 1.79. The Bertz CT molecular complexity index is 672. The third-order valence-corrected chi connectivity index (χ3v) is 5.88. The lowest BCUT2D eigenvalue weighted by atomic mass is 9.64. The van der Waals surface area contributed by atoms with E-state index in [0.29, 0.717) is 23.8 Å². The molecule has 5 atom stereocenters. The highest BCUT2D eigenvalue weighted by molar-refractivity contribution is 6.07. The molecule has 1 spiro atoms. The Hall–Kier alpha value is -1.44. The number of ketones is 1. The number of hydrogen-bond acceptors (Lipinski definition) is 7. The van der Waals surface area contributed by atoms with Crippen LogP contribution in [-0.4, -0.2) is 61.5 Å². The summed E-state index contributed by atoms with van der Waals surface area (Å²) in [7, 11) is 5.64. The van der Waals surface area contributed by atoms with E-state index in [1.54, 1.807) is 7.11 Å². The summed E-state index contributed by atoms with van der Waals surface area (Å²) in [6, 6.07) is -0.0772. The van der Waals surface area contributed by atoms with Crippen molar-refractivity contribution in [1.29, 1.82) is 0 Å². The van der Waals surface area contributed by atoms with Crippen LogP contribution in [0.4, 0.5) is 0 Å². The van der Waals surface area contributed by atoms with Gasteiger partial charge in [0.15, 0.2) is 11.4 Å². The molecule has 0 saturated carbocycles. The maximum Gasteiger partial charge on any atom is 0.265 e. The second-order valence-electron chi connectivity index (χ2n) is 7.50. The predicted octanol–water partition coefficient (Wildman–Crippen LogP) is 2.22. The topological polar surface area (TPSA) is 74.0 Å². The van der Waals surface area contributed by atoms with E-state index < -0.39 is 5.60 Å². The van der Waals surface area contributed by atoms with Gasteiger partial charge in [-0.3, -0.25) is 9.69 Å². The summed E-state index contributed by atoms with van der Waals surface area (Å²) < 4.78 is 23.3. The van der Waals surface area contributed by atoms with Gasteiger partial charge in [0.05, 0.1) is 24.9 Å². The molecule has 0 aromatic carbocycles. The maximum absolute atomic E-state index is 13.5. The highest BCUT2D eigenvalue weighted by Crippen LogP contribution is 2.59. The number of carbonyl (C=O) groups excluding carboxylic acids is 1. The minimum Gasteiger partial charge on any atom is -0.475 e. The van der Waals surface area contributed by atoms with Crippen LogP contribution in [0.5, 0.6) is 5.88 Å². The van der Waals surface area contributed by atoms with Crippen molar-refractivity contribution in [3.05, 3.63) is 11.3 Å². The number of fused-ring (bicyclic) bond motifs is 2. The average Bonchev–Trinajstić information content (AvgIpc) is 3.26. The second kappa shape index (κ2) is 6.07. The molecule has 1 unspecified atom stereocenters. The van der Waals surface area contributed by atoms with E-state index in [1.807, 2.05) is 14.1 Å². The molecule has 0 N–H and O–H groups in total. The molecule has 2 bridgehead atoms. The van der Waals surface area contributed by atoms with Crippen molar-refractivity contribution >= 4 is 5.78 Å². The normalized spacial score (nSPS) is 36.0. The Morgan fingerprint density at radius 3 is 2.84 bits per heavy atom. The number of ether oxygens (including phenoxy) is 3. The van der Waals surface area contributed by atoms with Gasteiger partial charge < -0.3 is 18.7 Å². The summed E-state index contributed by atoms with van der Waals surface area (Å²) in [5.41, 5.74) is -0.508. The van der Waals surface area contributed by atoms with Crippen LogP contribution in [0.3, 0.4) is 0 Å². The van der Waals surface area contributed by atoms with Gasteiger partial charge in [-0.25, -0.2) is 0 Å². The average molecular weight is 350 g/mol. The van der Waals surface area contributed by atoms with Crippen molar-refractivity contribution in [1.82, 2.24) is 10.1 Å². The molecule has 2 saturated heterocycles. The van der Waals surface area contributed by atoms with Crippen molar-refractivity contribution in [2.75, 3.05) is 27.8 Å². The van der Waals surface area contributed by atoms with Crippen LogP contribution < -0.4 is 4.74 Å². The van der Waals surface area contributed by atoms with Gasteiger partial charge in [-0.05, 0) is 32.1 Å². The molecular formula is C18H26N2O5. The van der Waals surface area contributed by atoms with Gasteiger partial charge in [-0.2, -0.15) is 0 Å². The third kappa shape index (κ3) is 2.22. The molecule has 7 heteroatoms. The first-order chi connectivity index (χ1) is 12.0. The first-order valence-corrected chi connectivity index (χ1v) is 9.08. The second-order valence-corrected chi connectivity index (χ2v) is 7.50. The van der Waals surface area contributed by atoms with Gasteiger partial charge in [-0.1, -0.05) is 13.3 Å². The molecule has 0 amide bonds. The van der Waals surface area contributed by atoms with Crippen LogP contribution in [0, 0.1) is 5.92 Å². The molecule has 4 rings (SSSR count). The largest absolute Gasteiger partial charge is 0.475 e. The van der Waals surface area contributed by atoms with Gasteiger partial charge in [0.1, 0.15) is 5.56 Å². The van der Waals surface area contributed by atoms with Crippen molar-refractivity contribution in [2.45, 2.75) is 56.5 Å². The van der Waals surface area contributed by atoms with E-state index in [0.717, 1.165) is 25.7 Å². The number of nitrogens with zero attached hydrogens (tertiary/aromatic N) is 2. The number of aromatic nitrogens is 1. The van der Waals surface area contributed by atoms with Crippen molar-refractivity contribution in [2.24, 2.45) is 5.92 Å². The van der Waals surface area contributed by atoms with E-state index in [2.05, 4.69) is 17.0 Å². The summed E-state index contributed by atoms with van der Waals surface area (Å²) in [6.07, 6.45) is 3.32. The lowest BCUT2D eigenvalue weighted by Gasteiger charge is -2.44. The molecule has 3 aliphatic rings. The predicted molar refractivity (Wildman–Crippen MR) is 88.8 cm³/mol. The lowest BCUT2D eigenvalue weighted by Crippen LogP contribution is -2.58. The molecule has 138 valence electrons. The zero-order valence-corrected chi connectivity index (χ0v) is 15.3. The van der Waals surface area contributed by atoms with E-state index in [1.165, 1.54) is 0 Å². The minimum atomic E-state index is -0.949. The fraction of sp³-hybridized carbons (Fsp3) is 0.778. The van der Waals surface area contributed by atoms with Gasteiger partial charge >= 0.3 is 0 Å². The number of unbranched alkanes of at least 4 members (excludes halogenated alkanes) is 1. The van der Waals surface area contributed by atoms with Crippen LogP contribution in [0.2, 0.25) is 0 Å². The van der Waals surface area contributed by atoms with Crippen LogP contribution in [-0.2, 0) is 9.47 Å². The van der Waals surface area contributed by atoms with E-state index in [4.69, 9.17) is 18.7 Å². The number of hydrogen-bond donors (Lipinski definition) is 0. The first-order valence-electron chi connectivity index (χ1n) is 9.08. The van der Waals surface area contributed by atoms with Crippen LogP contribution in [0.25, 0.3) is 0 Å². The molecule has 25 heavy (non-hydrogen) atoms. The SMILES string of the molecule is CCCCOc1noc2c1C(=O)[C@@]13O[C@@H](CC1OC)C[C@H]3[C@@H]2N(C)C. The van der Waals surface area contributed by atoms with E-state index in [-0.39, 0.29) is 30.0 Å². The van der Waals surface area contributed by atoms with Crippen molar-refractivity contribution in [3.63, 3.8) is 0 Å². The van der Waals surface area contributed by atoms with Gasteiger partial charge in [-0.15, -0.1) is 0 Å². The summed E-state index contributed by atoms with van der Waals surface area (Å²) in [4.78, 5) is 15.6. The molecular weight excluding hydrogens is 324 g/mol. The summed E-state index contributed by atoms with van der Waals surface area (Å²) in [6.45, 7) is 2.61. The highest BCUT2D eigenvalue weighted by Gasteiger charge is 2.70. The monoisotopic (exact) mass is 350 g/mol. The van der Waals surface area contributed by atoms with Crippen molar-refractivity contribution < 1.29 is 23.5 Å². The quantitative estimate of drug-likeness (QED) is 0.728. The lowest BCUT2D eigenvalue weighted by molar-refractivity contribution is -0.0790.